The average molecular weight is 392 g/mol. The number of aliphatic hydroxyl groups is 1. The second-order valence-electron chi connectivity index (χ2n) is 7.84. The second kappa shape index (κ2) is 7.37. The fourth-order valence-electron chi connectivity index (χ4n) is 4.03. The van der Waals surface area contributed by atoms with Gasteiger partial charge in [0, 0.05) is 23.2 Å². The lowest BCUT2D eigenvalue weighted by atomic mass is 9.87. The van der Waals surface area contributed by atoms with Gasteiger partial charge in [-0.05, 0) is 61.8 Å². The van der Waals surface area contributed by atoms with Gasteiger partial charge in [0.25, 0.3) is 5.56 Å². The smallest absolute Gasteiger partial charge is 0.379 e. The Kier molecular flexibility index (Phi) is 5.05. The van der Waals surface area contributed by atoms with E-state index in [-0.39, 0.29) is 17.5 Å². The Hall–Kier alpha value is -2.12. The van der Waals surface area contributed by atoms with Crippen LogP contribution < -0.4 is 10.9 Å². The van der Waals surface area contributed by atoms with Crippen LogP contribution in [0.25, 0.3) is 0 Å². The van der Waals surface area contributed by atoms with Crippen LogP contribution >= 0.6 is 0 Å². The van der Waals surface area contributed by atoms with Crippen LogP contribution in [-0.4, -0.2) is 22.4 Å². The summed E-state index contributed by atoms with van der Waals surface area (Å²) in [5.74, 6) is 0.0694. The van der Waals surface area contributed by atoms with E-state index >= 15 is 0 Å². The van der Waals surface area contributed by atoms with Crippen molar-refractivity contribution in [3.8, 4) is 0 Å². The summed E-state index contributed by atoms with van der Waals surface area (Å²) in [6.45, 7) is 0. The van der Waals surface area contributed by atoms with Crippen LogP contribution in [0.5, 0.6) is 0 Å². The second-order valence-corrected chi connectivity index (χ2v) is 7.84. The van der Waals surface area contributed by atoms with Crippen molar-refractivity contribution in [2.24, 2.45) is 0 Å². The molecule has 2 unspecified atom stereocenters. The summed E-state index contributed by atoms with van der Waals surface area (Å²) in [6, 6.07) is 8.88. The summed E-state index contributed by atoms with van der Waals surface area (Å²) < 4.78 is 38.7. The zero-order chi connectivity index (χ0) is 19.9. The number of aromatic nitrogens is 1. The first-order valence-corrected chi connectivity index (χ1v) is 9.65. The number of halogens is 3. The normalized spacial score (nSPS) is 23.7. The van der Waals surface area contributed by atoms with Crippen LogP contribution in [0.2, 0.25) is 0 Å². The van der Waals surface area contributed by atoms with Crippen LogP contribution in [0.1, 0.15) is 66.3 Å². The molecular weight excluding hydrogens is 369 g/mol. The lowest BCUT2D eigenvalue weighted by molar-refractivity contribution is -0.137. The van der Waals surface area contributed by atoms with Crippen LogP contribution in [-0.2, 0) is 6.18 Å². The van der Waals surface area contributed by atoms with E-state index in [0.29, 0.717) is 30.0 Å². The molecular formula is C21H23F3N2O2. The van der Waals surface area contributed by atoms with E-state index in [0.717, 1.165) is 37.0 Å². The topological polar surface area (TPSA) is 65.1 Å². The molecule has 28 heavy (non-hydrogen) atoms. The molecule has 0 radical (unpaired) electrons. The summed E-state index contributed by atoms with van der Waals surface area (Å²) >= 11 is 0. The van der Waals surface area contributed by atoms with Crippen LogP contribution in [0, 0.1) is 0 Å². The molecule has 3 atom stereocenters. The van der Waals surface area contributed by atoms with Gasteiger partial charge < -0.3 is 10.1 Å². The minimum Gasteiger partial charge on any atom is -0.379 e. The van der Waals surface area contributed by atoms with E-state index in [2.05, 4.69) is 10.3 Å². The van der Waals surface area contributed by atoms with Gasteiger partial charge in [0.15, 0.2) is 0 Å². The molecule has 4 nitrogen and oxygen atoms in total. The Labute approximate surface area is 160 Å². The number of nitrogens with one attached hydrogen (secondary N) is 2. The molecule has 2 aliphatic rings. The SMILES string of the molecule is O=c1[nH]c(C(C[C@H]2CCC(O)N2)c2ccc(C(F)(F)F)cc2)ccc1C1CC1. The van der Waals surface area contributed by atoms with Crippen molar-refractivity contribution in [3.05, 3.63) is 69.1 Å². The van der Waals surface area contributed by atoms with Gasteiger partial charge in [-0.15, -0.1) is 0 Å². The maximum atomic E-state index is 12.9. The predicted octanol–water partition coefficient (Wildman–Crippen LogP) is 3.86. The summed E-state index contributed by atoms with van der Waals surface area (Å²) in [7, 11) is 0. The molecule has 1 aromatic heterocycles. The van der Waals surface area contributed by atoms with Gasteiger partial charge in [0.2, 0.25) is 0 Å². The molecule has 2 fully saturated rings. The molecule has 2 aromatic rings. The molecule has 1 saturated heterocycles. The molecule has 0 bridgehead atoms. The number of hydrogen-bond donors (Lipinski definition) is 3. The van der Waals surface area contributed by atoms with E-state index in [1.807, 2.05) is 12.1 Å². The van der Waals surface area contributed by atoms with Crippen molar-refractivity contribution in [3.63, 3.8) is 0 Å². The highest BCUT2D eigenvalue weighted by Crippen LogP contribution is 2.39. The highest BCUT2D eigenvalue weighted by Gasteiger charge is 2.32. The van der Waals surface area contributed by atoms with E-state index in [1.54, 1.807) is 0 Å². The van der Waals surface area contributed by atoms with Crippen molar-refractivity contribution < 1.29 is 18.3 Å². The molecule has 1 aliphatic heterocycles. The number of H-pyrrole nitrogens is 1. The largest absolute Gasteiger partial charge is 0.416 e. The first-order chi connectivity index (χ1) is 13.3. The van der Waals surface area contributed by atoms with Gasteiger partial charge in [-0.1, -0.05) is 18.2 Å². The summed E-state index contributed by atoms with van der Waals surface area (Å²) in [5.41, 5.74) is 1.38. The van der Waals surface area contributed by atoms with Crippen molar-refractivity contribution >= 4 is 0 Å². The number of pyridine rings is 1. The number of hydrogen-bond acceptors (Lipinski definition) is 3. The van der Waals surface area contributed by atoms with Crippen LogP contribution in [0.4, 0.5) is 13.2 Å². The number of aliphatic hydroxyl groups excluding tert-OH is 1. The van der Waals surface area contributed by atoms with Crippen LogP contribution in [0.15, 0.2) is 41.2 Å². The Balaban J connectivity index is 1.65. The van der Waals surface area contributed by atoms with Crippen molar-refractivity contribution in [1.82, 2.24) is 10.3 Å². The Morgan fingerprint density at radius 3 is 2.29 bits per heavy atom. The molecule has 2 heterocycles. The predicted molar refractivity (Wildman–Crippen MR) is 99.1 cm³/mol. The quantitative estimate of drug-likeness (QED) is 0.724. The molecule has 1 aliphatic carbocycles. The molecule has 4 rings (SSSR count). The monoisotopic (exact) mass is 392 g/mol. The Morgan fingerprint density at radius 1 is 1.04 bits per heavy atom. The van der Waals surface area contributed by atoms with E-state index < -0.39 is 18.0 Å². The zero-order valence-corrected chi connectivity index (χ0v) is 15.3. The molecule has 1 saturated carbocycles. The number of rotatable bonds is 5. The summed E-state index contributed by atoms with van der Waals surface area (Å²) in [5, 5.41) is 12.8. The number of benzene rings is 1. The molecule has 7 heteroatoms. The summed E-state index contributed by atoms with van der Waals surface area (Å²) in [6.07, 6.45) is -0.894. The Morgan fingerprint density at radius 2 is 1.75 bits per heavy atom. The van der Waals surface area contributed by atoms with Gasteiger partial charge in [0.1, 0.15) is 6.23 Å². The van der Waals surface area contributed by atoms with Gasteiger partial charge >= 0.3 is 6.18 Å². The highest BCUT2D eigenvalue weighted by molar-refractivity contribution is 5.34. The maximum Gasteiger partial charge on any atom is 0.416 e. The van der Waals surface area contributed by atoms with Crippen molar-refractivity contribution in [2.45, 2.75) is 62.4 Å². The molecule has 3 N–H and O–H groups in total. The fraction of sp³-hybridized carbons (Fsp3) is 0.476. The molecule has 0 spiro atoms. The third kappa shape index (κ3) is 4.15. The molecule has 0 amide bonds. The third-order valence-electron chi connectivity index (χ3n) is 5.73. The fourth-order valence-corrected chi connectivity index (χ4v) is 4.03. The number of aromatic amines is 1. The van der Waals surface area contributed by atoms with Gasteiger partial charge in [-0.25, -0.2) is 0 Å². The standard InChI is InChI=1S/C21H23F3N2O2/c22-21(23,24)14-5-3-13(4-6-14)17(11-15-7-10-19(27)25-15)18-9-8-16(12-1-2-12)20(28)26-18/h3-6,8-9,12,15,17,19,25,27H,1-2,7,10-11H2,(H,26,28)/t15-,17?,19?/m1/s1. The summed E-state index contributed by atoms with van der Waals surface area (Å²) in [4.78, 5) is 15.4. The highest BCUT2D eigenvalue weighted by atomic mass is 19.4. The van der Waals surface area contributed by atoms with Gasteiger partial charge in [-0.3, -0.25) is 10.1 Å². The minimum absolute atomic E-state index is 0.0360. The van der Waals surface area contributed by atoms with Gasteiger partial charge in [-0.2, -0.15) is 13.2 Å². The molecule has 150 valence electrons. The van der Waals surface area contributed by atoms with E-state index in [9.17, 15) is 23.1 Å². The van der Waals surface area contributed by atoms with E-state index in [1.165, 1.54) is 12.1 Å². The average Bonchev–Trinajstić information content (AvgIpc) is 3.40. The van der Waals surface area contributed by atoms with Crippen LogP contribution in [0.3, 0.4) is 0 Å². The first-order valence-electron chi connectivity index (χ1n) is 9.65. The lowest BCUT2D eigenvalue weighted by Gasteiger charge is -2.22. The molecule has 1 aromatic carbocycles. The lowest BCUT2D eigenvalue weighted by Crippen LogP contribution is -2.31. The van der Waals surface area contributed by atoms with E-state index in [4.69, 9.17) is 0 Å². The van der Waals surface area contributed by atoms with Gasteiger partial charge in [0.05, 0.1) is 5.56 Å². The minimum atomic E-state index is -4.38. The van der Waals surface area contributed by atoms with Crippen molar-refractivity contribution in [2.75, 3.05) is 0 Å². The number of alkyl halides is 3. The zero-order valence-electron chi connectivity index (χ0n) is 15.3. The van der Waals surface area contributed by atoms with Crippen molar-refractivity contribution in [1.29, 1.82) is 0 Å². The maximum absolute atomic E-state index is 12.9. The Bertz CT molecular complexity index is 888. The third-order valence-corrected chi connectivity index (χ3v) is 5.73. The first kappa shape index (κ1) is 19.2.